The van der Waals surface area contributed by atoms with Crippen LogP contribution in [0.25, 0.3) is 11.0 Å². The molecule has 31 heavy (non-hydrogen) atoms. The standard InChI is InChI=1S/C24H20F2N3O.Mn/c1-16-7-10-19(11-8-16)27-23-28-21-13-17(15-30)9-12-22(21)29(23)14-18-5-3-4-6-20(18)24(2,25)26;/h3-13H,14H2,1-2H3,(H,27,28);/q-1;. The van der Waals surface area contributed by atoms with Gasteiger partial charge < -0.3 is 14.7 Å². The van der Waals surface area contributed by atoms with Gasteiger partial charge in [-0.05, 0) is 24.6 Å². The molecule has 0 atom stereocenters. The number of halogens is 2. The molecule has 159 valence electrons. The molecule has 0 amide bonds. The van der Waals surface area contributed by atoms with Gasteiger partial charge in [0.2, 0.25) is 5.95 Å². The molecular weight excluding hydrogens is 439 g/mol. The summed E-state index contributed by atoms with van der Waals surface area (Å²) in [6.07, 6.45) is 1.86. The first-order chi connectivity index (χ1) is 14.3. The predicted molar refractivity (Wildman–Crippen MR) is 114 cm³/mol. The summed E-state index contributed by atoms with van der Waals surface area (Å²) in [5.41, 5.74) is 4.14. The fourth-order valence-electron chi connectivity index (χ4n) is 3.47. The second-order valence-electron chi connectivity index (χ2n) is 7.36. The van der Waals surface area contributed by atoms with Crippen LogP contribution in [0.3, 0.4) is 0 Å². The van der Waals surface area contributed by atoms with Crippen molar-refractivity contribution in [1.29, 1.82) is 0 Å². The van der Waals surface area contributed by atoms with Crippen molar-refractivity contribution in [2.45, 2.75) is 26.3 Å². The molecule has 1 radical (unpaired) electrons. The van der Waals surface area contributed by atoms with E-state index in [2.05, 4.69) is 10.3 Å². The second-order valence-corrected chi connectivity index (χ2v) is 7.36. The van der Waals surface area contributed by atoms with E-state index >= 15 is 0 Å². The minimum atomic E-state index is -2.96. The van der Waals surface area contributed by atoms with Crippen LogP contribution < -0.4 is 5.32 Å². The zero-order valence-corrected chi connectivity index (χ0v) is 18.2. The molecule has 4 aromatic rings. The van der Waals surface area contributed by atoms with Gasteiger partial charge in [-0.1, -0.05) is 48.0 Å². The molecule has 0 saturated heterocycles. The summed E-state index contributed by atoms with van der Waals surface area (Å²) < 4.78 is 30.2. The van der Waals surface area contributed by atoms with Gasteiger partial charge in [-0.15, -0.1) is 11.6 Å². The Morgan fingerprint density at radius 1 is 1.06 bits per heavy atom. The van der Waals surface area contributed by atoms with Crippen LogP contribution in [0, 0.1) is 6.92 Å². The van der Waals surface area contributed by atoms with Gasteiger partial charge >= 0.3 is 0 Å². The van der Waals surface area contributed by atoms with Crippen molar-refractivity contribution in [3.05, 3.63) is 89.0 Å². The monoisotopic (exact) mass is 459 g/mol. The molecule has 0 fully saturated rings. The van der Waals surface area contributed by atoms with Gasteiger partial charge in [0.25, 0.3) is 5.92 Å². The van der Waals surface area contributed by atoms with Gasteiger partial charge in [-0.2, -0.15) is 6.07 Å². The Bertz CT molecular complexity index is 1210. The summed E-state index contributed by atoms with van der Waals surface area (Å²) in [4.78, 5) is 15.7. The molecular formula is C24H20F2MnN3O-. The molecule has 0 bridgehead atoms. The summed E-state index contributed by atoms with van der Waals surface area (Å²) in [5, 5.41) is 3.27. The third kappa shape index (κ3) is 4.84. The van der Waals surface area contributed by atoms with Gasteiger partial charge in [-0.25, -0.2) is 13.8 Å². The van der Waals surface area contributed by atoms with Crippen molar-refractivity contribution in [2.75, 3.05) is 5.32 Å². The fraction of sp³-hybridized carbons (Fsp3) is 0.167. The molecule has 4 rings (SSSR count). The molecule has 0 unspecified atom stereocenters. The van der Waals surface area contributed by atoms with E-state index in [1.165, 1.54) is 6.07 Å². The van der Waals surface area contributed by atoms with Crippen LogP contribution in [0.15, 0.2) is 66.7 Å². The Kier molecular flexibility index (Phi) is 6.58. The van der Waals surface area contributed by atoms with Crippen molar-refractivity contribution in [1.82, 2.24) is 9.55 Å². The summed E-state index contributed by atoms with van der Waals surface area (Å²) in [6.45, 7) is 3.10. The molecule has 0 aliphatic rings. The SMILES string of the molecule is Cc1ccc(Nc2nc3cc([C-]=O)ccc3n2Cc2ccccc2C(C)(F)F)cc1.[Mn]. The number of alkyl halides is 2. The average molecular weight is 459 g/mol. The van der Waals surface area contributed by atoms with Crippen molar-refractivity contribution >= 4 is 29.0 Å². The number of carbonyl (C=O) groups excluding carboxylic acids is 1. The van der Waals surface area contributed by atoms with Gasteiger partial charge in [0.15, 0.2) is 0 Å². The predicted octanol–water partition coefficient (Wildman–Crippen LogP) is 5.70. The number of benzene rings is 3. The largest absolute Gasteiger partial charge is 0.376 e. The van der Waals surface area contributed by atoms with Gasteiger partial charge in [0, 0.05) is 46.3 Å². The van der Waals surface area contributed by atoms with Crippen LogP contribution in [-0.2, 0) is 34.3 Å². The van der Waals surface area contributed by atoms with E-state index < -0.39 is 5.92 Å². The van der Waals surface area contributed by atoms with E-state index in [-0.39, 0.29) is 29.2 Å². The molecule has 0 aliphatic carbocycles. The molecule has 0 saturated carbocycles. The number of hydrogen-bond acceptors (Lipinski definition) is 3. The number of nitrogens with zero attached hydrogens (tertiary/aromatic N) is 2. The van der Waals surface area contributed by atoms with E-state index in [4.69, 9.17) is 0 Å². The zero-order chi connectivity index (χ0) is 21.3. The van der Waals surface area contributed by atoms with Crippen molar-refractivity contribution in [3.8, 4) is 0 Å². The van der Waals surface area contributed by atoms with Crippen LogP contribution >= 0.6 is 0 Å². The summed E-state index contributed by atoms with van der Waals surface area (Å²) >= 11 is 0. The van der Waals surface area contributed by atoms with Crippen LogP contribution in [-0.4, -0.2) is 15.8 Å². The molecule has 3 aromatic carbocycles. The summed E-state index contributed by atoms with van der Waals surface area (Å²) in [5.74, 6) is -2.46. The van der Waals surface area contributed by atoms with Crippen LogP contribution in [0.4, 0.5) is 20.4 Å². The maximum Gasteiger partial charge on any atom is 0.270 e. The number of aryl methyl sites for hydroxylation is 1. The summed E-state index contributed by atoms with van der Waals surface area (Å²) in [7, 11) is 0. The quantitative estimate of drug-likeness (QED) is 0.297. The third-order valence-corrected chi connectivity index (χ3v) is 4.99. The Balaban J connectivity index is 0.00000272. The minimum absolute atomic E-state index is 0. The molecule has 7 heteroatoms. The molecule has 1 heterocycles. The molecule has 0 spiro atoms. The first-order valence-corrected chi connectivity index (χ1v) is 9.53. The van der Waals surface area contributed by atoms with Crippen molar-refractivity contribution in [2.24, 2.45) is 0 Å². The van der Waals surface area contributed by atoms with Crippen LogP contribution in [0.5, 0.6) is 0 Å². The van der Waals surface area contributed by atoms with Crippen LogP contribution in [0.2, 0.25) is 0 Å². The number of anilines is 2. The Hall–Kier alpha value is -3.02. The minimum Gasteiger partial charge on any atom is -0.376 e. The first kappa shape index (κ1) is 22.7. The van der Waals surface area contributed by atoms with E-state index in [1.54, 1.807) is 36.4 Å². The summed E-state index contributed by atoms with van der Waals surface area (Å²) in [6, 6.07) is 19.3. The second kappa shape index (κ2) is 9.00. The maximum absolute atomic E-state index is 14.2. The molecule has 1 N–H and O–H groups in total. The van der Waals surface area contributed by atoms with Crippen molar-refractivity contribution < 1.29 is 30.6 Å². The Morgan fingerprint density at radius 2 is 1.77 bits per heavy atom. The number of imidazole rings is 1. The topological polar surface area (TPSA) is 46.9 Å². The van der Waals surface area contributed by atoms with E-state index in [1.807, 2.05) is 42.0 Å². The maximum atomic E-state index is 14.2. The fourth-order valence-corrected chi connectivity index (χ4v) is 3.47. The number of rotatable bonds is 6. The van der Waals surface area contributed by atoms with Crippen LogP contribution in [0.1, 0.15) is 29.2 Å². The third-order valence-electron chi connectivity index (χ3n) is 4.99. The Morgan fingerprint density at radius 3 is 2.45 bits per heavy atom. The van der Waals surface area contributed by atoms with Crippen molar-refractivity contribution in [3.63, 3.8) is 0 Å². The zero-order valence-electron chi connectivity index (χ0n) is 17.0. The first-order valence-electron chi connectivity index (χ1n) is 9.53. The number of hydrogen-bond donors (Lipinski definition) is 1. The molecule has 4 nitrogen and oxygen atoms in total. The smallest absolute Gasteiger partial charge is 0.270 e. The Labute approximate surface area is 189 Å². The number of aromatic nitrogens is 2. The van der Waals surface area contributed by atoms with Gasteiger partial charge in [0.1, 0.15) is 0 Å². The van der Waals surface area contributed by atoms with Gasteiger partial charge in [-0.3, -0.25) is 0 Å². The van der Waals surface area contributed by atoms with E-state index in [0.717, 1.165) is 23.7 Å². The number of fused-ring (bicyclic) bond motifs is 1. The molecule has 1 aromatic heterocycles. The van der Waals surface area contributed by atoms with Gasteiger partial charge in [0.05, 0.1) is 12.8 Å². The average Bonchev–Trinajstić information content (AvgIpc) is 3.05. The van der Waals surface area contributed by atoms with E-state index in [0.29, 0.717) is 22.6 Å². The normalized spacial score (nSPS) is 11.2. The number of nitrogens with one attached hydrogen (secondary N) is 1. The van der Waals surface area contributed by atoms with E-state index in [9.17, 15) is 13.6 Å². The molecule has 0 aliphatic heterocycles.